The van der Waals surface area contributed by atoms with E-state index >= 15 is 0 Å². The fraction of sp³-hybridized carbons (Fsp3) is 0.667. The number of aliphatic hydroxyl groups excluding tert-OH is 1. The van der Waals surface area contributed by atoms with Crippen molar-refractivity contribution in [1.82, 2.24) is 16.0 Å². The molecule has 0 aromatic heterocycles. The normalized spacial score (nSPS) is 28.0. The van der Waals surface area contributed by atoms with Gasteiger partial charge in [-0.25, -0.2) is 9.59 Å². The number of carbonyl (C=O) groups excluding carboxylic acids is 6. The quantitative estimate of drug-likeness (QED) is 0.0155. The number of aliphatic hydroxyl groups is 2. The molecule has 66 heavy (non-hydrogen) atoms. The van der Waals surface area contributed by atoms with Crippen LogP contribution < -0.4 is 27.4 Å². The number of amides is 3. The van der Waals surface area contributed by atoms with Gasteiger partial charge < -0.3 is 62.4 Å². The Morgan fingerprint density at radius 1 is 0.924 bits per heavy atom. The van der Waals surface area contributed by atoms with Gasteiger partial charge in [-0.05, 0) is 56.4 Å². The number of Topliss-reactive ketones (excluding diaryl/α,β-unsaturated/α-hetero) is 1. The summed E-state index contributed by atoms with van der Waals surface area (Å²) in [5, 5.41) is 58.5. The third kappa shape index (κ3) is 13.0. The van der Waals surface area contributed by atoms with E-state index in [0.29, 0.717) is 25.7 Å². The number of ether oxygens (including phenoxy) is 2. The lowest BCUT2D eigenvalue weighted by Gasteiger charge is -2.58. The van der Waals surface area contributed by atoms with Crippen LogP contribution in [-0.4, -0.2) is 146 Å². The minimum Gasteiger partial charge on any atom is -0.481 e. The first-order valence-electron chi connectivity index (χ1n) is 21.5. The third-order valence-corrected chi connectivity index (χ3v) is 15.6. The number of nitrogens with two attached hydrogens (primary N) is 2. The van der Waals surface area contributed by atoms with Crippen LogP contribution in [0.1, 0.15) is 78.6 Å². The topological polar surface area (TPSA) is 374 Å². The number of aliphatic carboxylic acids is 3. The van der Waals surface area contributed by atoms with Gasteiger partial charge in [0.2, 0.25) is 23.5 Å². The molecule has 2 fully saturated rings. The maximum atomic E-state index is 13.6. The molecule has 4 aliphatic rings. The van der Waals surface area contributed by atoms with Gasteiger partial charge >= 0.3 is 24.1 Å². The molecule has 0 spiro atoms. The summed E-state index contributed by atoms with van der Waals surface area (Å²) in [4.78, 5) is 116. The molecule has 0 radical (unpaired) electrons. The summed E-state index contributed by atoms with van der Waals surface area (Å²) < 4.78 is 10.1. The SMILES string of the molecule is CC(CCCN=C(N)N)C(=O)NC(CC(=O)O)C(=O)NC(CC(=O)O)C(=O)NC(CSSCCOC(=O)OCC(=O)C1(O)CCC2C3CC=C4CC(=O)C=CC4(C)C3C(O)CC21C)C(=O)O. The average Bonchev–Trinajstić information content (AvgIpc) is 3.50. The molecule has 22 nitrogen and oxygen atoms in total. The van der Waals surface area contributed by atoms with Crippen molar-refractivity contribution in [2.45, 2.75) is 108 Å². The summed E-state index contributed by atoms with van der Waals surface area (Å²) in [6, 6.07) is -5.22. The number of carboxylic acid groups (broad SMARTS) is 3. The summed E-state index contributed by atoms with van der Waals surface area (Å²) in [6.45, 7) is 4.50. The van der Waals surface area contributed by atoms with Crippen molar-refractivity contribution in [3.63, 3.8) is 0 Å². The van der Waals surface area contributed by atoms with E-state index in [4.69, 9.17) is 20.9 Å². The maximum Gasteiger partial charge on any atom is 0.508 e. The molecule has 366 valence electrons. The van der Waals surface area contributed by atoms with Gasteiger partial charge in [0.15, 0.2) is 18.3 Å². The molecule has 0 aromatic carbocycles. The number of nitrogens with zero attached hydrogens (tertiary/aromatic N) is 1. The van der Waals surface area contributed by atoms with Gasteiger partial charge in [0, 0.05) is 47.1 Å². The average molecular weight is 969 g/mol. The highest BCUT2D eigenvalue weighted by molar-refractivity contribution is 8.76. The van der Waals surface area contributed by atoms with Gasteiger partial charge in [-0.1, -0.05) is 60.1 Å². The number of rotatable bonds is 24. The Hall–Kier alpha value is -5.20. The molecular weight excluding hydrogens is 909 g/mol. The van der Waals surface area contributed by atoms with Crippen molar-refractivity contribution in [3.8, 4) is 0 Å². The van der Waals surface area contributed by atoms with E-state index in [1.165, 1.54) is 6.92 Å². The fourth-order valence-corrected chi connectivity index (χ4v) is 11.8. The molecule has 4 aliphatic carbocycles. The Bertz CT molecular complexity index is 2000. The number of carboxylic acids is 3. The van der Waals surface area contributed by atoms with Crippen LogP contribution in [0.25, 0.3) is 0 Å². The zero-order valence-electron chi connectivity index (χ0n) is 36.9. The molecule has 11 unspecified atom stereocenters. The van der Waals surface area contributed by atoms with Gasteiger partial charge in [-0.3, -0.25) is 38.6 Å². The van der Waals surface area contributed by atoms with Gasteiger partial charge in [0.1, 0.15) is 30.3 Å². The van der Waals surface area contributed by atoms with Crippen LogP contribution in [-0.2, 0) is 47.8 Å². The van der Waals surface area contributed by atoms with Crippen LogP contribution in [0.2, 0.25) is 0 Å². The van der Waals surface area contributed by atoms with Gasteiger partial charge in [0.05, 0.1) is 18.9 Å². The molecule has 11 atom stereocenters. The van der Waals surface area contributed by atoms with Gasteiger partial charge in [0.25, 0.3) is 0 Å². The van der Waals surface area contributed by atoms with Crippen molar-refractivity contribution >= 4 is 80.9 Å². The molecule has 0 aliphatic heterocycles. The molecular formula is C42H60N6O16S2. The summed E-state index contributed by atoms with van der Waals surface area (Å²) in [7, 11) is 1.97. The number of hydrogen-bond donors (Lipinski definition) is 10. The number of fused-ring (bicyclic) bond motifs is 5. The molecule has 12 N–H and O–H groups in total. The smallest absolute Gasteiger partial charge is 0.481 e. The summed E-state index contributed by atoms with van der Waals surface area (Å²) in [5.41, 5.74) is 8.11. The molecule has 2 saturated carbocycles. The maximum absolute atomic E-state index is 13.6. The van der Waals surface area contributed by atoms with E-state index < -0.39 is 114 Å². The lowest BCUT2D eigenvalue weighted by atomic mass is 9.47. The molecule has 3 amide bonds. The number of ketones is 2. The number of guanidine groups is 1. The van der Waals surface area contributed by atoms with Crippen molar-refractivity contribution < 1.29 is 78.2 Å². The van der Waals surface area contributed by atoms with Crippen molar-refractivity contribution in [3.05, 3.63) is 23.8 Å². The molecule has 0 heterocycles. The lowest BCUT2D eigenvalue weighted by Crippen LogP contribution is -2.61. The van der Waals surface area contributed by atoms with E-state index in [9.17, 15) is 68.7 Å². The van der Waals surface area contributed by atoms with Gasteiger partial charge in [-0.15, -0.1) is 0 Å². The van der Waals surface area contributed by atoms with E-state index in [-0.39, 0.29) is 73.4 Å². The predicted molar refractivity (Wildman–Crippen MR) is 237 cm³/mol. The van der Waals surface area contributed by atoms with Crippen LogP contribution >= 0.6 is 21.6 Å². The van der Waals surface area contributed by atoms with E-state index in [1.807, 2.05) is 13.0 Å². The Morgan fingerprint density at radius 2 is 1.55 bits per heavy atom. The second-order valence-corrected chi connectivity index (χ2v) is 20.2. The Balaban J connectivity index is 1.22. The Kier molecular flexibility index (Phi) is 18.6. The second kappa shape index (κ2) is 23.0. The van der Waals surface area contributed by atoms with Crippen LogP contribution in [0.5, 0.6) is 0 Å². The lowest BCUT2D eigenvalue weighted by molar-refractivity contribution is -0.177. The van der Waals surface area contributed by atoms with E-state index in [2.05, 4.69) is 27.0 Å². The number of aliphatic imine (C=N–C) groups is 1. The van der Waals surface area contributed by atoms with E-state index in [1.54, 1.807) is 13.0 Å². The van der Waals surface area contributed by atoms with Gasteiger partial charge in [-0.2, -0.15) is 0 Å². The highest BCUT2D eigenvalue weighted by Crippen LogP contribution is 2.66. The fourth-order valence-electron chi connectivity index (χ4n) is 9.86. The Morgan fingerprint density at radius 3 is 2.15 bits per heavy atom. The molecule has 0 aromatic rings. The van der Waals surface area contributed by atoms with Crippen LogP contribution in [0.3, 0.4) is 0 Å². The largest absolute Gasteiger partial charge is 0.508 e. The van der Waals surface area contributed by atoms with Crippen molar-refractivity contribution in [1.29, 1.82) is 0 Å². The van der Waals surface area contributed by atoms with Crippen molar-refractivity contribution in [2.75, 3.05) is 31.3 Å². The minimum absolute atomic E-state index is 0.00785. The molecule has 4 rings (SSSR count). The van der Waals surface area contributed by atoms with E-state index in [0.717, 1.165) is 27.2 Å². The summed E-state index contributed by atoms with van der Waals surface area (Å²) in [6.07, 6.45) is 3.78. The third-order valence-electron chi connectivity index (χ3n) is 13.3. The first-order valence-corrected chi connectivity index (χ1v) is 23.9. The zero-order chi connectivity index (χ0) is 49.1. The predicted octanol–water partition coefficient (Wildman–Crippen LogP) is 0.278. The number of allylic oxidation sites excluding steroid dienone is 4. The number of hydrogen-bond acceptors (Lipinski definition) is 16. The molecule has 24 heteroatoms. The van der Waals surface area contributed by atoms with Crippen molar-refractivity contribution in [2.24, 2.45) is 51.0 Å². The Labute approximate surface area is 388 Å². The summed E-state index contributed by atoms with van der Waals surface area (Å²) >= 11 is 0. The highest BCUT2D eigenvalue weighted by atomic mass is 33.1. The molecule has 0 saturated heterocycles. The van der Waals surface area contributed by atoms with Crippen LogP contribution in [0.4, 0.5) is 4.79 Å². The zero-order valence-corrected chi connectivity index (χ0v) is 38.5. The highest BCUT2D eigenvalue weighted by Gasteiger charge is 2.68. The van der Waals surface area contributed by atoms with Crippen LogP contribution in [0.15, 0.2) is 28.8 Å². The first-order chi connectivity index (χ1) is 30.9. The first kappa shape index (κ1) is 53.4. The standard InChI is InChI=1S/C42H60N6O16S2/c1-21(5-4-12-45-38(43)44)34(56)46-26(16-31(52)53)35(57)47-27(17-32(54)55)36(58)48-28(37(59)60)20-66-65-14-13-63-39(61)64-19-30(51)42(62)11-9-25-24-7-6-22-15-23(49)8-10-40(22,2)33(24)29(50)18-41(25,42)3/h6,8,10,21,24-29,33,50,62H,4-5,7,9,11-20H2,1-3H3,(H,46,56)(H,47,57)(H,48,58)(H,52,53)(H,54,55)(H,59,60)(H4,43,44,45). The monoisotopic (exact) mass is 968 g/mol. The number of nitrogens with one attached hydrogen (secondary N) is 3. The second-order valence-electron chi connectivity index (χ2n) is 17.6. The number of carbonyl (C=O) groups is 9. The van der Waals surface area contributed by atoms with Crippen LogP contribution in [0, 0.1) is 34.5 Å². The molecule has 0 bridgehead atoms. The summed E-state index contributed by atoms with van der Waals surface area (Å²) in [5.74, 6) is -9.89. The minimum atomic E-state index is -1.88.